The van der Waals surface area contributed by atoms with Crippen LogP contribution in [0.3, 0.4) is 0 Å². The minimum atomic E-state index is 0.425. The second-order valence-corrected chi connectivity index (χ2v) is 7.04. The van der Waals surface area contributed by atoms with Gasteiger partial charge in [0.15, 0.2) is 0 Å². The van der Waals surface area contributed by atoms with E-state index in [-0.39, 0.29) is 0 Å². The fourth-order valence-corrected chi connectivity index (χ4v) is 3.13. The normalized spacial score (nSPS) is 21.3. The second kappa shape index (κ2) is 5.44. The summed E-state index contributed by atoms with van der Waals surface area (Å²) in [7, 11) is 0. The zero-order valence-corrected chi connectivity index (χ0v) is 12.9. The number of nitrogen functional groups attached to an aromatic ring is 1. The number of hydrogen-bond acceptors (Lipinski definition) is 2. The Bertz CT molecular complexity index is 431. The van der Waals surface area contributed by atoms with Crippen LogP contribution in [0.5, 0.6) is 0 Å². The van der Waals surface area contributed by atoms with Gasteiger partial charge in [-0.15, -0.1) is 0 Å². The van der Waals surface area contributed by atoms with Gasteiger partial charge in [0.05, 0.1) is 11.4 Å². The van der Waals surface area contributed by atoms with Gasteiger partial charge in [0.1, 0.15) is 0 Å². The molecule has 2 heteroatoms. The highest BCUT2D eigenvalue weighted by Gasteiger charge is 2.27. The summed E-state index contributed by atoms with van der Waals surface area (Å²) in [5.41, 5.74) is 10.0. The van der Waals surface area contributed by atoms with E-state index < -0.39 is 0 Å². The molecule has 2 rings (SSSR count). The first-order valence-electron chi connectivity index (χ1n) is 7.49. The lowest BCUT2D eigenvalue weighted by atomic mass is 9.77. The second-order valence-electron chi connectivity index (χ2n) is 7.04. The van der Waals surface area contributed by atoms with E-state index in [9.17, 15) is 0 Å². The average molecular weight is 260 g/mol. The summed E-state index contributed by atoms with van der Waals surface area (Å²) in [4.78, 5) is 2.48. The maximum atomic E-state index is 6.15. The molecule has 2 N–H and O–H groups in total. The van der Waals surface area contributed by atoms with Gasteiger partial charge in [0.2, 0.25) is 0 Å². The van der Waals surface area contributed by atoms with Crippen LogP contribution in [0.1, 0.15) is 45.6 Å². The highest BCUT2D eigenvalue weighted by molar-refractivity contribution is 5.68. The van der Waals surface area contributed by atoms with Crippen molar-refractivity contribution in [1.82, 2.24) is 0 Å². The smallest absolute Gasteiger partial charge is 0.0602 e. The number of nitrogens with zero attached hydrogens (tertiary/aromatic N) is 1. The molecule has 0 amide bonds. The van der Waals surface area contributed by atoms with E-state index in [1.807, 2.05) is 6.07 Å². The van der Waals surface area contributed by atoms with Gasteiger partial charge in [-0.2, -0.15) is 0 Å². The van der Waals surface area contributed by atoms with Crippen LogP contribution in [-0.2, 0) is 0 Å². The van der Waals surface area contributed by atoms with Crippen molar-refractivity contribution < 1.29 is 0 Å². The Hall–Kier alpha value is -1.18. The maximum absolute atomic E-state index is 6.15. The molecule has 1 atom stereocenters. The maximum Gasteiger partial charge on any atom is 0.0602 e. The Kier molecular flexibility index (Phi) is 4.07. The van der Waals surface area contributed by atoms with Crippen molar-refractivity contribution in [3.63, 3.8) is 0 Å². The molecular weight excluding hydrogens is 232 g/mol. The molecule has 1 aliphatic rings. The van der Waals surface area contributed by atoms with Gasteiger partial charge < -0.3 is 10.6 Å². The molecule has 0 aromatic heterocycles. The Morgan fingerprint density at radius 1 is 1.16 bits per heavy atom. The van der Waals surface area contributed by atoms with Gasteiger partial charge in [-0.25, -0.2) is 0 Å². The highest BCUT2D eigenvalue weighted by atomic mass is 15.1. The number of aryl methyl sites for hydroxylation is 1. The van der Waals surface area contributed by atoms with Crippen molar-refractivity contribution in [3.8, 4) is 0 Å². The lowest BCUT2D eigenvalue weighted by molar-refractivity contribution is 0.220. The van der Waals surface area contributed by atoms with Crippen LogP contribution in [0.4, 0.5) is 11.4 Å². The fraction of sp³-hybridized carbons (Fsp3) is 0.647. The molecule has 1 heterocycles. The molecule has 1 aromatic rings. The zero-order chi connectivity index (χ0) is 14.0. The number of anilines is 2. The topological polar surface area (TPSA) is 29.3 Å². The molecule has 0 radical (unpaired) electrons. The number of rotatable bonds is 1. The monoisotopic (exact) mass is 260 g/mol. The highest BCUT2D eigenvalue weighted by Crippen LogP contribution is 2.36. The summed E-state index contributed by atoms with van der Waals surface area (Å²) in [6, 6.07) is 6.36. The van der Waals surface area contributed by atoms with Crippen LogP contribution in [0.25, 0.3) is 0 Å². The third-order valence-electron chi connectivity index (χ3n) is 4.48. The van der Waals surface area contributed by atoms with Gasteiger partial charge in [-0.3, -0.25) is 0 Å². The van der Waals surface area contributed by atoms with Crippen molar-refractivity contribution in [3.05, 3.63) is 23.8 Å². The molecular formula is C17H28N2. The van der Waals surface area contributed by atoms with Crippen LogP contribution >= 0.6 is 0 Å². The van der Waals surface area contributed by atoms with E-state index in [2.05, 4.69) is 44.7 Å². The quantitative estimate of drug-likeness (QED) is 0.766. The SMILES string of the molecule is Cc1ccc(N)c(N2CCCC(C(C)(C)C)CC2)c1. The predicted molar refractivity (Wildman–Crippen MR) is 84.6 cm³/mol. The van der Waals surface area contributed by atoms with Crippen molar-refractivity contribution in [1.29, 1.82) is 0 Å². The Morgan fingerprint density at radius 2 is 1.89 bits per heavy atom. The van der Waals surface area contributed by atoms with Crippen LogP contribution in [0, 0.1) is 18.3 Å². The Morgan fingerprint density at radius 3 is 2.58 bits per heavy atom. The minimum absolute atomic E-state index is 0.425. The van der Waals surface area contributed by atoms with Crippen molar-refractivity contribution in [2.24, 2.45) is 11.3 Å². The first-order valence-corrected chi connectivity index (χ1v) is 7.49. The first-order chi connectivity index (χ1) is 8.88. The van der Waals surface area contributed by atoms with Gasteiger partial charge in [-0.1, -0.05) is 26.8 Å². The molecule has 1 saturated heterocycles. The van der Waals surface area contributed by atoms with Crippen LogP contribution in [0.15, 0.2) is 18.2 Å². The summed E-state index contributed by atoms with van der Waals surface area (Å²) >= 11 is 0. The van der Waals surface area contributed by atoms with Crippen molar-refractivity contribution in [2.45, 2.75) is 47.0 Å². The largest absolute Gasteiger partial charge is 0.397 e. The lowest BCUT2D eigenvalue weighted by Gasteiger charge is -2.30. The van der Waals surface area contributed by atoms with E-state index in [1.54, 1.807) is 0 Å². The summed E-state index contributed by atoms with van der Waals surface area (Å²) in [5, 5.41) is 0. The van der Waals surface area contributed by atoms with E-state index in [0.29, 0.717) is 5.41 Å². The number of nitrogens with two attached hydrogens (primary N) is 1. The Balaban J connectivity index is 2.13. The summed E-state index contributed by atoms with van der Waals surface area (Å²) in [6.07, 6.45) is 3.89. The third kappa shape index (κ3) is 3.43. The van der Waals surface area contributed by atoms with Gasteiger partial charge in [0.25, 0.3) is 0 Å². The molecule has 19 heavy (non-hydrogen) atoms. The molecule has 106 valence electrons. The van der Waals surface area contributed by atoms with Crippen molar-refractivity contribution in [2.75, 3.05) is 23.7 Å². The molecule has 1 aliphatic heterocycles. The average Bonchev–Trinajstić information content (AvgIpc) is 2.57. The van der Waals surface area contributed by atoms with Gasteiger partial charge in [-0.05, 0) is 55.2 Å². The molecule has 1 fully saturated rings. The molecule has 2 nitrogen and oxygen atoms in total. The molecule has 0 spiro atoms. The van der Waals surface area contributed by atoms with Crippen LogP contribution in [-0.4, -0.2) is 13.1 Å². The third-order valence-corrected chi connectivity index (χ3v) is 4.48. The van der Waals surface area contributed by atoms with Crippen LogP contribution < -0.4 is 10.6 Å². The fourth-order valence-electron chi connectivity index (χ4n) is 3.13. The molecule has 1 unspecified atom stereocenters. The van der Waals surface area contributed by atoms with E-state index >= 15 is 0 Å². The molecule has 0 aliphatic carbocycles. The minimum Gasteiger partial charge on any atom is -0.397 e. The number of benzene rings is 1. The Labute approximate surface area is 118 Å². The first kappa shape index (κ1) is 14.2. The van der Waals surface area contributed by atoms with E-state index in [1.165, 1.54) is 30.5 Å². The zero-order valence-electron chi connectivity index (χ0n) is 12.9. The predicted octanol–water partition coefficient (Wildman–Crippen LogP) is 4.23. The van der Waals surface area contributed by atoms with Gasteiger partial charge in [0, 0.05) is 13.1 Å². The van der Waals surface area contributed by atoms with Crippen molar-refractivity contribution >= 4 is 11.4 Å². The van der Waals surface area contributed by atoms with E-state index in [4.69, 9.17) is 5.73 Å². The number of hydrogen-bond donors (Lipinski definition) is 1. The van der Waals surface area contributed by atoms with E-state index in [0.717, 1.165) is 24.7 Å². The molecule has 1 aromatic carbocycles. The van der Waals surface area contributed by atoms with Gasteiger partial charge >= 0.3 is 0 Å². The lowest BCUT2D eigenvalue weighted by Crippen LogP contribution is -2.26. The summed E-state index contributed by atoms with van der Waals surface area (Å²) in [6.45, 7) is 11.5. The molecule has 0 saturated carbocycles. The standard InChI is InChI=1S/C17H28N2/c1-13-7-8-15(18)16(12-13)19-10-5-6-14(9-11-19)17(2,3)4/h7-8,12,14H,5-6,9-11,18H2,1-4H3. The summed E-state index contributed by atoms with van der Waals surface area (Å²) < 4.78 is 0. The molecule has 0 bridgehead atoms. The summed E-state index contributed by atoms with van der Waals surface area (Å²) in [5.74, 6) is 0.823. The van der Waals surface area contributed by atoms with Crippen LogP contribution in [0.2, 0.25) is 0 Å².